The highest BCUT2D eigenvalue weighted by Gasteiger charge is 2.23. The number of benzene rings is 3. The van der Waals surface area contributed by atoms with E-state index in [4.69, 9.17) is 0 Å². The summed E-state index contributed by atoms with van der Waals surface area (Å²) >= 11 is 1.31. The second kappa shape index (κ2) is 9.62. The number of nitrogens with one attached hydrogen (secondary N) is 1. The van der Waals surface area contributed by atoms with Gasteiger partial charge in [-0.25, -0.2) is 4.57 Å². The molecule has 0 aliphatic heterocycles. The quantitative estimate of drug-likeness (QED) is 0.321. The van der Waals surface area contributed by atoms with Crippen molar-refractivity contribution in [3.05, 3.63) is 93.8 Å². The Morgan fingerprint density at radius 3 is 2.36 bits per heavy atom. The van der Waals surface area contributed by atoms with Gasteiger partial charge in [0.15, 0.2) is 5.16 Å². The van der Waals surface area contributed by atoms with Gasteiger partial charge in [0.2, 0.25) is 11.7 Å². The average molecular weight is 498 g/mol. The van der Waals surface area contributed by atoms with E-state index >= 15 is 0 Å². The largest absolute Gasteiger partial charge is 0.325 e. The van der Waals surface area contributed by atoms with Crippen molar-refractivity contribution < 1.29 is 4.79 Å². The fraction of sp³-hybridized carbons (Fsp3) is 0.214. The van der Waals surface area contributed by atoms with Gasteiger partial charge in [0.1, 0.15) is 0 Å². The number of fused-ring (bicyclic) bond motifs is 3. The Hall–Kier alpha value is -3.91. The van der Waals surface area contributed by atoms with E-state index in [1.54, 1.807) is 4.57 Å². The molecule has 0 bridgehead atoms. The lowest BCUT2D eigenvalue weighted by Gasteiger charge is -2.16. The number of anilines is 1. The fourth-order valence-corrected chi connectivity index (χ4v) is 5.25. The summed E-state index contributed by atoms with van der Waals surface area (Å²) in [6.45, 7) is 7.89. The number of rotatable bonds is 6. The van der Waals surface area contributed by atoms with Gasteiger partial charge >= 0.3 is 0 Å². The SMILES string of the molecule is CCc1ccc(NC(=O)C(C)Sc2nnc3n(-c4c(C)cccc4C)c(=O)c4ccccc4n23)cc1. The van der Waals surface area contributed by atoms with E-state index in [-0.39, 0.29) is 11.5 Å². The number of hydrogen-bond acceptors (Lipinski definition) is 5. The molecule has 0 saturated carbocycles. The summed E-state index contributed by atoms with van der Waals surface area (Å²) in [5.74, 6) is 0.287. The van der Waals surface area contributed by atoms with Crippen molar-refractivity contribution in [1.29, 1.82) is 0 Å². The second-order valence-corrected chi connectivity index (χ2v) is 10.1. The van der Waals surface area contributed by atoms with Crippen molar-refractivity contribution in [2.45, 2.75) is 44.5 Å². The van der Waals surface area contributed by atoms with Crippen molar-refractivity contribution in [3.63, 3.8) is 0 Å². The summed E-state index contributed by atoms with van der Waals surface area (Å²) in [6, 6.07) is 21.2. The third-order valence-corrected chi connectivity index (χ3v) is 7.38. The zero-order valence-electron chi connectivity index (χ0n) is 20.6. The van der Waals surface area contributed by atoms with E-state index in [9.17, 15) is 9.59 Å². The number of para-hydroxylation sites is 2. The van der Waals surface area contributed by atoms with Crippen LogP contribution in [0.5, 0.6) is 0 Å². The lowest BCUT2D eigenvalue weighted by atomic mass is 10.1. The molecule has 0 spiro atoms. The van der Waals surface area contributed by atoms with Crippen LogP contribution in [0.15, 0.2) is 76.7 Å². The van der Waals surface area contributed by atoms with Crippen molar-refractivity contribution in [2.75, 3.05) is 5.32 Å². The first-order valence-electron chi connectivity index (χ1n) is 11.9. The molecule has 1 unspecified atom stereocenters. The van der Waals surface area contributed by atoms with Gasteiger partial charge in [0, 0.05) is 5.69 Å². The predicted octanol–water partition coefficient (Wildman–Crippen LogP) is 5.33. The lowest BCUT2D eigenvalue weighted by Crippen LogP contribution is -2.24. The molecule has 0 radical (unpaired) electrons. The van der Waals surface area contributed by atoms with Crippen molar-refractivity contribution in [3.8, 4) is 5.69 Å². The summed E-state index contributed by atoms with van der Waals surface area (Å²) in [4.78, 5) is 26.6. The van der Waals surface area contributed by atoms with Crippen LogP contribution in [0, 0.1) is 13.8 Å². The van der Waals surface area contributed by atoms with E-state index in [2.05, 4.69) is 22.4 Å². The maximum atomic E-state index is 13.6. The molecule has 0 aliphatic rings. The number of amides is 1. The first kappa shape index (κ1) is 23.8. The van der Waals surface area contributed by atoms with Gasteiger partial charge in [0.05, 0.1) is 21.8 Å². The molecule has 2 heterocycles. The first-order valence-corrected chi connectivity index (χ1v) is 12.8. The highest BCUT2D eigenvalue weighted by molar-refractivity contribution is 8.00. The van der Waals surface area contributed by atoms with Crippen LogP contribution in [-0.4, -0.2) is 30.3 Å². The van der Waals surface area contributed by atoms with Gasteiger partial charge in [-0.15, -0.1) is 10.2 Å². The molecule has 0 saturated heterocycles. The summed E-state index contributed by atoms with van der Waals surface area (Å²) in [6.07, 6.45) is 0.946. The van der Waals surface area contributed by atoms with Crippen LogP contribution < -0.4 is 10.9 Å². The molecule has 7 nitrogen and oxygen atoms in total. The number of hydrogen-bond donors (Lipinski definition) is 1. The molecule has 0 fully saturated rings. The van der Waals surface area contributed by atoms with Gasteiger partial charge in [0.25, 0.3) is 5.56 Å². The van der Waals surface area contributed by atoms with Crippen LogP contribution >= 0.6 is 11.8 Å². The lowest BCUT2D eigenvalue weighted by molar-refractivity contribution is -0.115. The summed E-state index contributed by atoms with van der Waals surface area (Å²) in [5.41, 5.74) is 5.25. The minimum absolute atomic E-state index is 0.131. The molecular weight excluding hydrogens is 470 g/mol. The zero-order chi connectivity index (χ0) is 25.4. The molecule has 1 amide bonds. The molecule has 8 heteroatoms. The normalized spacial score (nSPS) is 12.2. The smallest absolute Gasteiger partial charge is 0.267 e. The van der Waals surface area contributed by atoms with Crippen LogP contribution in [0.25, 0.3) is 22.4 Å². The Morgan fingerprint density at radius 2 is 1.67 bits per heavy atom. The second-order valence-electron chi connectivity index (χ2n) is 8.82. The van der Waals surface area contributed by atoms with E-state index in [0.29, 0.717) is 21.8 Å². The Kier molecular flexibility index (Phi) is 6.36. The third kappa shape index (κ3) is 4.18. The monoisotopic (exact) mass is 497 g/mol. The molecule has 2 aromatic heterocycles. The van der Waals surface area contributed by atoms with E-state index in [0.717, 1.165) is 28.9 Å². The van der Waals surface area contributed by atoms with Crippen LogP contribution in [0.2, 0.25) is 0 Å². The van der Waals surface area contributed by atoms with Crippen LogP contribution in [-0.2, 0) is 11.2 Å². The topological polar surface area (TPSA) is 81.3 Å². The molecule has 5 rings (SSSR count). The van der Waals surface area contributed by atoms with Gasteiger partial charge in [-0.3, -0.25) is 14.0 Å². The van der Waals surface area contributed by atoms with Gasteiger partial charge in [-0.05, 0) is 68.1 Å². The fourth-order valence-electron chi connectivity index (χ4n) is 4.39. The van der Waals surface area contributed by atoms with E-state index in [1.807, 2.05) is 91.9 Å². The number of aryl methyl sites for hydroxylation is 3. The van der Waals surface area contributed by atoms with Gasteiger partial charge in [-0.1, -0.05) is 61.2 Å². The maximum absolute atomic E-state index is 13.6. The minimum atomic E-state index is -0.442. The standard InChI is InChI=1S/C28H27N5O2S/c1-5-20-13-15-21(16-14-20)29-25(34)19(4)36-28-31-30-27-32(28)23-12-7-6-11-22(23)26(35)33(27)24-17(2)9-8-10-18(24)3/h6-16,19H,5H2,1-4H3,(H,29,34). The Bertz CT molecular complexity index is 1630. The molecule has 5 aromatic rings. The summed E-state index contributed by atoms with van der Waals surface area (Å²) < 4.78 is 3.50. The summed E-state index contributed by atoms with van der Waals surface area (Å²) in [7, 11) is 0. The highest BCUT2D eigenvalue weighted by atomic mass is 32.2. The molecule has 1 atom stereocenters. The number of carbonyl (C=O) groups is 1. The number of carbonyl (C=O) groups excluding carboxylic acids is 1. The molecule has 1 N–H and O–H groups in total. The molecule has 182 valence electrons. The molecular formula is C28H27N5O2S. The van der Waals surface area contributed by atoms with Crippen LogP contribution in [0.1, 0.15) is 30.5 Å². The number of thioether (sulfide) groups is 1. The van der Waals surface area contributed by atoms with Crippen LogP contribution in [0.3, 0.4) is 0 Å². The molecule has 0 aliphatic carbocycles. The summed E-state index contributed by atoms with van der Waals surface area (Å²) in [5, 5.41) is 12.5. The Labute approximate surface area is 213 Å². The van der Waals surface area contributed by atoms with Crippen LogP contribution in [0.4, 0.5) is 5.69 Å². The van der Waals surface area contributed by atoms with Crippen molar-refractivity contribution in [2.24, 2.45) is 0 Å². The predicted molar refractivity (Wildman–Crippen MR) is 145 cm³/mol. The number of aromatic nitrogens is 4. The molecule has 36 heavy (non-hydrogen) atoms. The maximum Gasteiger partial charge on any atom is 0.267 e. The van der Waals surface area contributed by atoms with E-state index < -0.39 is 5.25 Å². The van der Waals surface area contributed by atoms with Crippen molar-refractivity contribution in [1.82, 2.24) is 19.2 Å². The first-order chi connectivity index (χ1) is 17.4. The molecule has 3 aromatic carbocycles. The third-order valence-electron chi connectivity index (χ3n) is 6.34. The number of nitrogens with zero attached hydrogens (tertiary/aromatic N) is 4. The average Bonchev–Trinajstić information content (AvgIpc) is 3.29. The Balaban J connectivity index is 1.58. The minimum Gasteiger partial charge on any atom is -0.325 e. The van der Waals surface area contributed by atoms with Crippen molar-refractivity contribution >= 4 is 40.0 Å². The zero-order valence-corrected chi connectivity index (χ0v) is 21.5. The van der Waals surface area contributed by atoms with Gasteiger partial charge in [-0.2, -0.15) is 0 Å². The Morgan fingerprint density at radius 1 is 0.972 bits per heavy atom. The van der Waals surface area contributed by atoms with E-state index in [1.165, 1.54) is 17.3 Å². The van der Waals surface area contributed by atoms with Gasteiger partial charge < -0.3 is 5.32 Å². The highest BCUT2D eigenvalue weighted by Crippen LogP contribution is 2.28.